The third-order valence-electron chi connectivity index (χ3n) is 4.24. The zero-order valence-electron chi connectivity index (χ0n) is 13.0. The summed E-state index contributed by atoms with van der Waals surface area (Å²) in [4.78, 5) is 24.0. The van der Waals surface area contributed by atoms with Crippen molar-refractivity contribution in [2.45, 2.75) is 32.2 Å². The van der Waals surface area contributed by atoms with Crippen molar-refractivity contribution in [3.8, 4) is 0 Å². The van der Waals surface area contributed by atoms with Crippen molar-refractivity contribution in [3.05, 3.63) is 58.6 Å². The van der Waals surface area contributed by atoms with Crippen molar-refractivity contribution >= 4 is 11.9 Å². The Balaban J connectivity index is 1.83. The lowest BCUT2D eigenvalue weighted by Gasteiger charge is -2.28. The lowest BCUT2D eigenvalue weighted by Crippen LogP contribution is -2.47. The number of fused-ring (bicyclic) bond motifs is 1. The standard InChI is InChI=1S/C17H20N4O2/c1-9-6-7-12-11(8-9)4-3-5-13(12)20-16(22)15-14(18)10(2)19-17(23)21-15/h6-8,13H,2-5,18H2,1H3,(H,20,22)(H2,19,21,23)/t13-/m0/s1. The predicted molar refractivity (Wildman–Crippen MR) is 87.0 cm³/mol. The number of carbonyl (C=O) groups excluding carboxylic acids is 2. The van der Waals surface area contributed by atoms with E-state index in [9.17, 15) is 9.59 Å². The second kappa shape index (κ2) is 5.79. The fourth-order valence-electron chi connectivity index (χ4n) is 3.07. The van der Waals surface area contributed by atoms with Gasteiger partial charge in [0.15, 0.2) is 0 Å². The maximum atomic E-state index is 12.5. The normalized spacial score (nSPS) is 20.5. The largest absolute Gasteiger partial charge is 0.395 e. The fraction of sp³-hybridized carbons (Fsp3) is 0.294. The molecule has 0 aromatic heterocycles. The van der Waals surface area contributed by atoms with Crippen molar-refractivity contribution in [2.24, 2.45) is 5.73 Å². The summed E-state index contributed by atoms with van der Waals surface area (Å²) in [6.45, 7) is 5.70. The summed E-state index contributed by atoms with van der Waals surface area (Å²) in [7, 11) is 0. The van der Waals surface area contributed by atoms with E-state index in [0.717, 1.165) is 24.8 Å². The van der Waals surface area contributed by atoms with Crippen LogP contribution in [0.5, 0.6) is 0 Å². The van der Waals surface area contributed by atoms with E-state index in [2.05, 4.69) is 41.6 Å². The molecule has 120 valence electrons. The van der Waals surface area contributed by atoms with Crippen LogP contribution in [0.4, 0.5) is 4.79 Å². The van der Waals surface area contributed by atoms with Crippen LogP contribution < -0.4 is 21.7 Å². The number of carbonyl (C=O) groups is 2. The van der Waals surface area contributed by atoms with Crippen molar-refractivity contribution in [1.29, 1.82) is 0 Å². The summed E-state index contributed by atoms with van der Waals surface area (Å²) in [6, 6.07) is 5.69. The molecule has 0 saturated carbocycles. The molecule has 5 N–H and O–H groups in total. The number of rotatable bonds is 2. The van der Waals surface area contributed by atoms with E-state index in [-0.39, 0.29) is 23.1 Å². The second-order valence-corrected chi connectivity index (χ2v) is 5.97. The van der Waals surface area contributed by atoms with Crippen LogP contribution in [0, 0.1) is 6.92 Å². The average Bonchev–Trinajstić information content (AvgIpc) is 2.50. The molecular weight excluding hydrogens is 292 g/mol. The highest BCUT2D eigenvalue weighted by Crippen LogP contribution is 2.30. The van der Waals surface area contributed by atoms with Crippen molar-refractivity contribution in [3.63, 3.8) is 0 Å². The van der Waals surface area contributed by atoms with Crippen LogP contribution in [-0.2, 0) is 11.2 Å². The molecule has 2 aliphatic rings. The minimum Gasteiger partial charge on any atom is -0.395 e. The minimum atomic E-state index is -0.506. The molecule has 0 bridgehead atoms. The van der Waals surface area contributed by atoms with Gasteiger partial charge in [-0.3, -0.25) is 4.79 Å². The molecule has 0 spiro atoms. The number of nitrogens with one attached hydrogen (secondary N) is 3. The number of hydrogen-bond acceptors (Lipinski definition) is 3. The van der Waals surface area contributed by atoms with Crippen LogP contribution in [-0.4, -0.2) is 11.9 Å². The molecule has 0 saturated heterocycles. The molecule has 1 aliphatic carbocycles. The lowest BCUT2D eigenvalue weighted by molar-refractivity contribution is -0.118. The predicted octanol–water partition coefficient (Wildman–Crippen LogP) is 1.49. The van der Waals surface area contributed by atoms with E-state index >= 15 is 0 Å². The van der Waals surface area contributed by atoms with E-state index in [1.807, 2.05) is 6.07 Å². The number of nitrogens with two attached hydrogens (primary N) is 1. The maximum absolute atomic E-state index is 12.5. The number of benzene rings is 1. The van der Waals surface area contributed by atoms with E-state index in [1.54, 1.807) is 0 Å². The summed E-state index contributed by atoms with van der Waals surface area (Å²) in [6.07, 6.45) is 2.89. The van der Waals surface area contributed by atoms with Gasteiger partial charge in [-0.15, -0.1) is 0 Å². The van der Waals surface area contributed by atoms with E-state index in [0.29, 0.717) is 0 Å². The van der Waals surface area contributed by atoms with Crippen LogP contribution in [0.25, 0.3) is 0 Å². The van der Waals surface area contributed by atoms with Gasteiger partial charge in [-0.25, -0.2) is 4.79 Å². The lowest BCUT2D eigenvalue weighted by atomic mass is 9.86. The van der Waals surface area contributed by atoms with Gasteiger partial charge in [-0.05, 0) is 37.3 Å². The van der Waals surface area contributed by atoms with Crippen LogP contribution in [0.15, 0.2) is 41.9 Å². The van der Waals surface area contributed by atoms with Gasteiger partial charge in [0.05, 0.1) is 17.4 Å². The zero-order valence-corrected chi connectivity index (χ0v) is 13.0. The van der Waals surface area contributed by atoms with Gasteiger partial charge >= 0.3 is 6.03 Å². The summed E-state index contributed by atoms with van der Waals surface area (Å²) in [5, 5.41) is 7.86. The van der Waals surface area contributed by atoms with Gasteiger partial charge in [0.1, 0.15) is 5.70 Å². The molecule has 6 nitrogen and oxygen atoms in total. The van der Waals surface area contributed by atoms with Crippen LogP contribution >= 0.6 is 0 Å². The van der Waals surface area contributed by atoms with Gasteiger partial charge in [0.2, 0.25) is 0 Å². The molecule has 1 aromatic carbocycles. The van der Waals surface area contributed by atoms with Crippen molar-refractivity contribution < 1.29 is 9.59 Å². The molecule has 0 fully saturated rings. The summed E-state index contributed by atoms with van der Waals surface area (Å²) < 4.78 is 0. The van der Waals surface area contributed by atoms with E-state index in [4.69, 9.17) is 5.73 Å². The Morgan fingerprint density at radius 2 is 2.17 bits per heavy atom. The van der Waals surface area contributed by atoms with Gasteiger partial charge in [0.25, 0.3) is 5.91 Å². The Labute approximate surface area is 134 Å². The average molecular weight is 312 g/mol. The Hall–Kier alpha value is -2.76. The summed E-state index contributed by atoms with van der Waals surface area (Å²) >= 11 is 0. The summed E-state index contributed by atoms with van der Waals surface area (Å²) in [5.41, 5.74) is 9.90. The molecule has 3 rings (SSSR count). The molecular formula is C17H20N4O2. The van der Waals surface area contributed by atoms with E-state index < -0.39 is 11.9 Å². The Morgan fingerprint density at radius 3 is 2.96 bits per heavy atom. The van der Waals surface area contributed by atoms with Crippen LogP contribution in [0.1, 0.15) is 35.6 Å². The van der Waals surface area contributed by atoms with Crippen LogP contribution in [0.3, 0.4) is 0 Å². The highest BCUT2D eigenvalue weighted by molar-refractivity contribution is 6.00. The number of amides is 3. The topological polar surface area (TPSA) is 96.2 Å². The molecule has 1 aromatic rings. The second-order valence-electron chi connectivity index (χ2n) is 5.97. The molecule has 23 heavy (non-hydrogen) atoms. The van der Waals surface area contributed by atoms with Gasteiger partial charge in [0, 0.05) is 0 Å². The van der Waals surface area contributed by atoms with Crippen LogP contribution in [0.2, 0.25) is 0 Å². The maximum Gasteiger partial charge on any atom is 0.323 e. The van der Waals surface area contributed by atoms with Gasteiger partial charge in [-0.1, -0.05) is 30.3 Å². The SMILES string of the molecule is C=C1NC(=O)NC(C(=O)N[C@H]2CCCc3cc(C)ccc32)=C1N. The first kappa shape index (κ1) is 15.1. The van der Waals surface area contributed by atoms with Gasteiger partial charge < -0.3 is 21.7 Å². The zero-order chi connectivity index (χ0) is 16.6. The first-order valence-electron chi connectivity index (χ1n) is 7.63. The monoisotopic (exact) mass is 312 g/mol. The molecule has 0 unspecified atom stereocenters. The smallest absolute Gasteiger partial charge is 0.323 e. The van der Waals surface area contributed by atoms with Crippen molar-refractivity contribution in [2.75, 3.05) is 0 Å². The molecule has 1 aliphatic heterocycles. The fourth-order valence-corrected chi connectivity index (χ4v) is 3.07. The first-order chi connectivity index (χ1) is 11.0. The first-order valence-corrected chi connectivity index (χ1v) is 7.63. The third-order valence-corrected chi connectivity index (χ3v) is 4.24. The highest BCUT2D eigenvalue weighted by atomic mass is 16.2. The highest BCUT2D eigenvalue weighted by Gasteiger charge is 2.27. The molecule has 1 heterocycles. The van der Waals surface area contributed by atoms with E-state index in [1.165, 1.54) is 11.1 Å². The third kappa shape index (κ3) is 2.92. The number of aryl methyl sites for hydroxylation is 2. The quantitative estimate of drug-likeness (QED) is 0.666. The van der Waals surface area contributed by atoms with Crippen molar-refractivity contribution in [1.82, 2.24) is 16.0 Å². The number of urea groups is 1. The number of hydrogen-bond donors (Lipinski definition) is 4. The van der Waals surface area contributed by atoms with Gasteiger partial charge in [-0.2, -0.15) is 0 Å². The Kier molecular flexibility index (Phi) is 3.82. The Morgan fingerprint density at radius 1 is 1.39 bits per heavy atom. The molecule has 3 amide bonds. The molecule has 6 heteroatoms. The summed E-state index contributed by atoms with van der Waals surface area (Å²) in [5.74, 6) is -0.392. The molecule has 1 atom stereocenters. The Bertz CT molecular complexity index is 736. The minimum absolute atomic E-state index is 0.0537. The molecule has 0 radical (unpaired) electrons.